The van der Waals surface area contributed by atoms with Crippen LogP contribution >= 0.6 is 11.8 Å². The number of esters is 1. The summed E-state index contributed by atoms with van der Waals surface area (Å²) in [4.78, 5) is 23.5. The van der Waals surface area contributed by atoms with Crippen molar-refractivity contribution in [2.45, 2.75) is 44.1 Å². The number of hydroxylamine groups is 2. The quantitative estimate of drug-likeness (QED) is 0.204. The van der Waals surface area contributed by atoms with Crippen LogP contribution in [0.5, 0.6) is 5.75 Å². The van der Waals surface area contributed by atoms with Crippen LogP contribution in [0.2, 0.25) is 0 Å². The molecule has 2 rings (SSSR count). The van der Waals surface area contributed by atoms with Gasteiger partial charge in [-0.1, -0.05) is 42.5 Å². The lowest BCUT2D eigenvalue weighted by molar-refractivity contribution is -0.166. The Kier molecular flexibility index (Phi) is 11.1. The van der Waals surface area contributed by atoms with Gasteiger partial charge in [0, 0.05) is 12.5 Å². The van der Waals surface area contributed by atoms with Crippen molar-refractivity contribution in [3.05, 3.63) is 65.7 Å². The van der Waals surface area contributed by atoms with Crippen LogP contribution in [-0.4, -0.2) is 52.8 Å². The average Bonchev–Trinajstić information content (AvgIpc) is 2.81. The van der Waals surface area contributed by atoms with Gasteiger partial charge in [0.1, 0.15) is 12.4 Å². The summed E-state index contributed by atoms with van der Waals surface area (Å²) < 4.78 is 10.4. The molecule has 3 N–H and O–H groups in total. The highest BCUT2D eigenvalue weighted by Crippen LogP contribution is 2.16. The second kappa shape index (κ2) is 13.8. The van der Waals surface area contributed by atoms with Crippen LogP contribution < -0.4 is 10.5 Å². The summed E-state index contributed by atoms with van der Waals surface area (Å²) in [5.41, 5.74) is 8.22. The molecule has 8 heteroatoms. The predicted octanol–water partition coefficient (Wildman–Crippen LogP) is 3.43. The Bertz CT molecular complexity index is 832. The first-order chi connectivity index (χ1) is 15.4. The van der Waals surface area contributed by atoms with E-state index in [2.05, 4.69) is 4.74 Å². The summed E-state index contributed by atoms with van der Waals surface area (Å²) in [5.74, 6) is 0.730. The first-order valence-corrected chi connectivity index (χ1v) is 11.6. The van der Waals surface area contributed by atoms with Crippen molar-refractivity contribution in [2.75, 3.05) is 19.4 Å². The van der Waals surface area contributed by atoms with Gasteiger partial charge in [-0.2, -0.15) is 0 Å². The summed E-state index contributed by atoms with van der Waals surface area (Å²) in [6.45, 7) is 2.32. The maximum atomic E-state index is 12.1. The van der Waals surface area contributed by atoms with Gasteiger partial charge in [0.05, 0.1) is 18.9 Å². The molecule has 0 aliphatic heterocycles. The topological polar surface area (TPSA) is 102 Å². The number of hydrogen-bond acceptors (Lipinski definition) is 7. The third-order valence-electron chi connectivity index (χ3n) is 4.80. The summed E-state index contributed by atoms with van der Waals surface area (Å²) >= 11 is 1.42. The number of hydrogen-bond donors (Lipinski definition) is 2. The van der Waals surface area contributed by atoms with Gasteiger partial charge in [-0.15, -0.1) is 11.8 Å². The lowest BCUT2D eigenvalue weighted by Gasteiger charge is -2.20. The Labute approximate surface area is 193 Å². The molecule has 0 saturated carbocycles. The number of methoxy groups -OCH3 is 1. The molecule has 0 unspecified atom stereocenters. The standard InChI is InChI=1S/C24H32N2O5S/c1-18(24(28)30-2)32-14-6-9-23(27)26(29)16-21(25)15-19-10-12-22(13-11-19)31-17-20-7-4-3-5-8-20/h3-5,7-8,10-13,18,21,29H,6,9,14-17,25H2,1-2H3/t18-,21-/m0/s1. The minimum absolute atomic E-state index is 0.0524. The van der Waals surface area contributed by atoms with E-state index in [1.165, 1.54) is 18.9 Å². The molecule has 1 amide bonds. The van der Waals surface area contributed by atoms with Gasteiger partial charge in [-0.3, -0.25) is 14.8 Å². The van der Waals surface area contributed by atoms with Gasteiger partial charge in [0.25, 0.3) is 0 Å². The summed E-state index contributed by atoms with van der Waals surface area (Å²) in [6.07, 6.45) is 1.27. The molecule has 32 heavy (non-hydrogen) atoms. The maximum absolute atomic E-state index is 12.1. The normalized spacial score (nSPS) is 12.6. The highest BCUT2D eigenvalue weighted by Gasteiger charge is 2.17. The summed E-state index contributed by atoms with van der Waals surface area (Å²) in [6, 6.07) is 17.2. The molecule has 174 valence electrons. The molecule has 2 atom stereocenters. The van der Waals surface area contributed by atoms with Crippen LogP contribution in [0.25, 0.3) is 0 Å². The van der Waals surface area contributed by atoms with Gasteiger partial charge in [0.15, 0.2) is 0 Å². The molecule has 0 aliphatic rings. The average molecular weight is 461 g/mol. The Morgan fingerprint density at radius 3 is 2.44 bits per heavy atom. The highest BCUT2D eigenvalue weighted by atomic mass is 32.2. The van der Waals surface area contributed by atoms with E-state index in [9.17, 15) is 14.8 Å². The van der Waals surface area contributed by atoms with Gasteiger partial charge in [-0.05, 0) is 48.8 Å². The number of benzene rings is 2. The smallest absolute Gasteiger partial charge is 0.318 e. The minimum Gasteiger partial charge on any atom is -0.489 e. The van der Waals surface area contributed by atoms with Crippen LogP contribution in [-0.2, 0) is 27.4 Å². The largest absolute Gasteiger partial charge is 0.489 e. The van der Waals surface area contributed by atoms with Crippen molar-refractivity contribution in [3.63, 3.8) is 0 Å². The molecule has 0 spiro atoms. The molecule has 0 heterocycles. The van der Waals surface area contributed by atoms with Gasteiger partial charge < -0.3 is 15.2 Å². The van der Waals surface area contributed by atoms with E-state index in [1.54, 1.807) is 6.92 Å². The minimum atomic E-state index is -0.395. The van der Waals surface area contributed by atoms with E-state index in [0.717, 1.165) is 16.9 Å². The molecule has 0 radical (unpaired) electrons. The fraction of sp³-hybridized carbons (Fsp3) is 0.417. The Hall–Kier alpha value is -2.55. The third-order valence-corrected chi connectivity index (χ3v) is 6.02. The molecular formula is C24H32N2O5S. The Morgan fingerprint density at radius 2 is 1.78 bits per heavy atom. The fourth-order valence-electron chi connectivity index (χ4n) is 3.00. The van der Waals surface area contributed by atoms with Crippen molar-refractivity contribution in [3.8, 4) is 5.75 Å². The lowest BCUT2D eigenvalue weighted by atomic mass is 10.1. The number of ether oxygens (including phenoxy) is 2. The maximum Gasteiger partial charge on any atom is 0.318 e. The zero-order valence-electron chi connectivity index (χ0n) is 18.6. The van der Waals surface area contributed by atoms with Crippen LogP contribution in [0.1, 0.15) is 30.9 Å². The second-order valence-corrected chi connectivity index (χ2v) is 8.95. The van der Waals surface area contributed by atoms with Crippen molar-refractivity contribution in [1.82, 2.24) is 5.06 Å². The predicted molar refractivity (Wildman–Crippen MR) is 126 cm³/mol. The van der Waals surface area contributed by atoms with Crippen molar-refractivity contribution >= 4 is 23.6 Å². The van der Waals surface area contributed by atoms with Crippen LogP contribution in [0.15, 0.2) is 54.6 Å². The Morgan fingerprint density at radius 1 is 1.09 bits per heavy atom. The van der Waals surface area contributed by atoms with Crippen LogP contribution in [0.3, 0.4) is 0 Å². The first kappa shape index (κ1) is 25.7. The summed E-state index contributed by atoms with van der Waals surface area (Å²) in [7, 11) is 1.35. The lowest BCUT2D eigenvalue weighted by Crippen LogP contribution is -2.40. The van der Waals surface area contributed by atoms with E-state index in [1.807, 2.05) is 54.6 Å². The molecular weight excluding hydrogens is 428 g/mol. The summed E-state index contributed by atoms with van der Waals surface area (Å²) in [5, 5.41) is 10.4. The van der Waals surface area contributed by atoms with E-state index in [4.69, 9.17) is 10.5 Å². The monoisotopic (exact) mass is 460 g/mol. The van der Waals surface area contributed by atoms with Crippen molar-refractivity contribution < 1.29 is 24.3 Å². The Balaban J connectivity index is 1.68. The third kappa shape index (κ3) is 9.30. The molecule has 7 nitrogen and oxygen atoms in total. The van der Waals surface area contributed by atoms with Crippen LogP contribution in [0, 0.1) is 0 Å². The number of carbonyl (C=O) groups is 2. The molecule has 0 bridgehead atoms. The molecule has 0 aromatic heterocycles. The van der Waals surface area contributed by atoms with Gasteiger partial charge >= 0.3 is 5.97 Å². The number of nitrogens with zero attached hydrogens (tertiary/aromatic N) is 1. The van der Waals surface area contributed by atoms with E-state index in [-0.39, 0.29) is 30.1 Å². The van der Waals surface area contributed by atoms with Crippen molar-refractivity contribution in [2.24, 2.45) is 5.73 Å². The number of carbonyl (C=O) groups excluding carboxylic acids is 2. The van der Waals surface area contributed by atoms with Gasteiger partial charge in [0.2, 0.25) is 5.91 Å². The number of nitrogens with two attached hydrogens (primary N) is 1. The zero-order valence-corrected chi connectivity index (χ0v) is 19.4. The highest BCUT2D eigenvalue weighted by molar-refractivity contribution is 8.00. The van der Waals surface area contributed by atoms with E-state index >= 15 is 0 Å². The number of amides is 1. The van der Waals surface area contributed by atoms with Crippen molar-refractivity contribution in [1.29, 1.82) is 0 Å². The SMILES string of the molecule is COC(=O)[C@H](C)SCCCC(=O)N(O)C[C@@H](N)Cc1ccc(OCc2ccccc2)cc1. The van der Waals surface area contributed by atoms with E-state index < -0.39 is 6.04 Å². The second-order valence-electron chi connectivity index (χ2n) is 7.50. The molecule has 0 fully saturated rings. The van der Waals surface area contributed by atoms with Gasteiger partial charge in [-0.25, -0.2) is 5.06 Å². The molecule has 0 aliphatic carbocycles. The zero-order chi connectivity index (χ0) is 23.3. The fourth-order valence-corrected chi connectivity index (χ4v) is 3.90. The first-order valence-electron chi connectivity index (χ1n) is 10.6. The number of rotatable bonds is 13. The van der Waals surface area contributed by atoms with E-state index in [0.29, 0.717) is 30.3 Å². The molecule has 2 aromatic rings. The molecule has 0 saturated heterocycles. The molecule has 2 aromatic carbocycles. The van der Waals surface area contributed by atoms with Crippen LogP contribution in [0.4, 0.5) is 0 Å². The number of thioether (sulfide) groups is 1.